The minimum atomic E-state index is -3.92. The van der Waals surface area contributed by atoms with E-state index in [2.05, 4.69) is 0 Å². The van der Waals surface area contributed by atoms with E-state index in [4.69, 9.17) is 5.14 Å². The Balaban J connectivity index is 1.67. The molecule has 1 aliphatic heterocycles. The van der Waals surface area contributed by atoms with Gasteiger partial charge in [0, 0.05) is 12.1 Å². The lowest BCUT2D eigenvalue weighted by Crippen LogP contribution is -2.45. The third kappa shape index (κ3) is 5.16. The molecule has 1 heterocycles. The summed E-state index contributed by atoms with van der Waals surface area (Å²) in [6, 6.07) is 18.8. The number of sulfonamides is 1. The van der Waals surface area contributed by atoms with Crippen LogP contribution in [0.5, 0.6) is 0 Å². The number of anilines is 1. The summed E-state index contributed by atoms with van der Waals surface area (Å²) < 4.78 is 23.1. The number of nitrogens with zero attached hydrogens (tertiary/aromatic N) is 2. The molecule has 1 saturated heterocycles. The zero-order valence-electron chi connectivity index (χ0n) is 19.3. The Hall–Kier alpha value is -3.82. The number of primary sulfonamides is 1. The highest BCUT2D eigenvalue weighted by atomic mass is 32.2. The Morgan fingerprint density at radius 1 is 0.914 bits per heavy atom. The topological polar surface area (TPSA) is 118 Å². The van der Waals surface area contributed by atoms with Crippen molar-refractivity contribution in [1.82, 2.24) is 4.90 Å². The SMILES string of the molecule is Cc1ccc(CN(C(=O)c2ccc(C)cc2)C2CC(=O)N(c3ccc(S(N)(=O)=O)cc3)C2=O)cc1. The van der Waals surface area contributed by atoms with E-state index in [1.165, 1.54) is 29.2 Å². The number of nitrogens with two attached hydrogens (primary N) is 1. The molecule has 0 spiro atoms. The zero-order chi connectivity index (χ0) is 25.3. The Bertz CT molecular complexity index is 1380. The molecule has 8 nitrogen and oxygen atoms in total. The highest BCUT2D eigenvalue weighted by Crippen LogP contribution is 2.28. The maximum absolute atomic E-state index is 13.5. The molecule has 1 aliphatic rings. The predicted molar refractivity (Wildman–Crippen MR) is 131 cm³/mol. The van der Waals surface area contributed by atoms with Gasteiger partial charge in [-0.2, -0.15) is 0 Å². The van der Waals surface area contributed by atoms with Crippen molar-refractivity contribution in [1.29, 1.82) is 0 Å². The second-order valence-corrected chi connectivity index (χ2v) is 10.2. The van der Waals surface area contributed by atoms with Crippen LogP contribution in [-0.2, 0) is 26.2 Å². The first-order valence-corrected chi connectivity index (χ1v) is 12.5. The monoisotopic (exact) mass is 491 g/mol. The first-order chi connectivity index (χ1) is 16.5. The Kier molecular flexibility index (Phi) is 6.56. The van der Waals surface area contributed by atoms with E-state index in [0.717, 1.165) is 21.6 Å². The molecule has 9 heteroatoms. The minimum absolute atomic E-state index is 0.132. The summed E-state index contributed by atoms with van der Waals surface area (Å²) in [4.78, 5) is 42.2. The lowest BCUT2D eigenvalue weighted by atomic mass is 10.1. The molecule has 3 aromatic rings. The van der Waals surface area contributed by atoms with Crippen molar-refractivity contribution in [2.75, 3.05) is 4.90 Å². The van der Waals surface area contributed by atoms with Crippen molar-refractivity contribution in [2.45, 2.75) is 37.8 Å². The summed E-state index contributed by atoms with van der Waals surface area (Å²) in [5.41, 5.74) is 3.51. The number of hydrogen-bond donors (Lipinski definition) is 1. The van der Waals surface area contributed by atoms with E-state index in [1.54, 1.807) is 12.1 Å². The van der Waals surface area contributed by atoms with Crippen LogP contribution in [-0.4, -0.2) is 37.1 Å². The van der Waals surface area contributed by atoms with Gasteiger partial charge in [0.25, 0.3) is 11.8 Å². The maximum atomic E-state index is 13.5. The predicted octanol–water partition coefficient (Wildman–Crippen LogP) is 2.93. The number of amides is 3. The second-order valence-electron chi connectivity index (χ2n) is 8.61. The number of carbonyl (C=O) groups excluding carboxylic acids is 3. The van der Waals surface area contributed by atoms with Crippen molar-refractivity contribution >= 4 is 33.4 Å². The fourth-order valence-electron chi connectivity index (χ4n) is 3.99. The van der Waals surface area contributed by atoms with Crippen molar-refractivity contribution in [3.63, 3.8) is 0 Å². The summed E-state index contributed by atoms with van der Waals surface area (Å²) in [5.74, 6) is -1.39. The van der Waals surface area contributed by atoms with Gasteiger partial charge < -0.3 is 4.90 Å². The highest BCUT2D eigenvalue weighted by molar-refractivity contribution is 7.89. The Morgan fingerprint density at radius 3 is 2.00 bits per heavy atom. The molecule has 3 aromatic carbocycles. The Morgan fingerprint density at radius 2 is 1.46 bits per heavy atom. The number of imide groups is 1. The number of benzene rings is 3. The standard InChI is InChI=1S/C26H25N3O5S/c1-17-3-7-19(8-4-17)16-28(25(31)20-9-5-18(2)6-10-20)23-15-24(30)29(26(23)32)21-11-13-22(14-12-21)35(27,33)34/h3-14,23H,15-16H2,1-2H3,(H2,27,33,34). The quantitative estimate of drug-likeness (QED) is 0.532. The molecule has 0 saturated carbocycles. The molecule has 2 N–H and O–H groups in total. The van der Waals surface area contributed by atoms with Crippen LogP contribution in [0, 0.1) is 13.8 Å². The molecular formula is C26H25N3O5S. The summed E-state index contributed by atoms with van der Waals surface area (Å²) in [6.45, 7) is 4.02. The molecule has 1 atom stereocenters. The molecule has 35 heavy (non-hydrogen) atoms. The van der Waals surface area contributed by atoms with E-state index in [-0.39, 0.29) is 29.5 Å². The number of aryl methyl sites for hydroxylation is 2. The number of carbonyl (C=O) groups is 3. The average Bonchev–Trinajstić information content (AvgIpc) is 3.11. The van der Waals surface area contributed by atoms with Crippen LogP contribution in [0.15, 0.2) is 77.7 Å². The molecule has 0 aromatic heterocycles. The third-order valence-corrected chi connectivity index (χ3v) is 6.88. The fourth-order valence-corrected chi connectivity index (χ4v) is 4.51. The zero-order valence-corrected chi connectivity index (χ0v) is 20.2. The highest BCUT2D eigenvalue weighted by Gasteiger charge is 2.44. The van der Waals surface area contributed by atoms with Crippen LogP contribution in [0.2, 0.25) is 0 Å². The van der Waals surface area contributed by atoms with Crippen molar-refractivity contribution < 1.29 is 22.8 Å². The number of rotatable bonds is 6. The van der Waals surface area contributed by atoms with Crippen LogP contribution in [0.4, 0.5) is 5.69 Å². The largest absolute Gasteiger partial charge is 0.322 e. The van der Waals surface area contributed by atoms with E-state index < -0.39 is 27.9 Å². The molecule has 4 rings (SSSR count). The van der Waals surface area contributed by atoms with Gasteiger partial charge in [0.2, 0.25) is 15.9 Å². The first kappa shape index (κ1) is 24.3. The maximum Gasteiger partial charge on any atom is 0.257 e. The fraction of sp³-hybridized carbons (Fsp3) is 0.192. The van der Waals surface area contributed by atoms with E-state index in [0.29, 0.717) is 5.56 Å². The summed E-state index contributed by atoms with van der Waals surface area (Å²) >= 11 is 0. The van der Waals surface area contributed by atoms with Crippen LogP contribution in [0.25, 0.3) is 0 Å². The van der Waals surface area contributed by atoms with Crippen LogP contribution in [0.1, 0.15) is 33.5 Å². The van der Waals surface area contributed by atoms with Crippen LogP contribution >= 0.6 is 0 Å². The Labute approximate surface area is 204 Å². The van der Waals surface area contributed by atoms with Gasteiger partial charge in [0.05, 0.1) is 17.0 Å². The van der Waals surface area contributed by atoms with Gasteiger partial charge >= 0.3 is 0 Å². The average molecular weight is 492 g/mol. The third-order valence-electron chi connectivity index (χ3n) is 5.96. The molecule has 1 unspecified atom stereocenters. The van der Waals surface area contributed by atoms with Gasteiger partial charge in [-0.3, -0.25) is 14.4 Å². The smallest absolute Gasteiger partial charge is 0.257 e. The van der Waals surface area contributed by atoms with Gasteiger partial charge in [-0.25, -0.2) is 18.5 Å². The second kappa shape index (κ2) is 9.44. The van der Waals surface area contributed by atoms with E-state index in [1.807, 2.05) is 50.2 Å². The van der Waals surface area contributed by atoms with Gasteiger partial charge in [-0.15, -0.1) is 0 Å². The van der Waals surface area contributed by atoms with E-state index in [9.17, 15) is 22.8 Å². The summed E-state index contributed by atoms with van der Waals surface area (Å²) in [6.07, 6.45) is -0.181. The number of hydrogen-bond acceptors (Lipinski definition) is 5. The normalized spacial score (nSPS) is 16.0. The molecular weight excluding hydrogens is 466 g/mol. The molecule has 3 amide bonds. The summed E-state index contributed by atoms with van der Waals surface area (Å²) in [5, 5.41) is 5.14. The molecule has 0 bridgehead atoms. The van der Waals surface area contributed by atoms with Gasteiger partial charge in [-0.1, -0.05) is 47.5 Å². The van der Waals surface area contributed by atoms with Crippen molar-refractivity contribution in [3.05, 3.63) is 95.1 Å². The lowest BCUT2D eigenvalue weighted by Gasteiger charge is -2.28. The molecule has 0 radical (unpaired) electrons. The van der Waals surface area contributed by atoms with Gasteiger partial charge in [0.1, 0.15) is 6.04 Å². The molecule has 180 valence electrons. The first-order valence-electron chi connectivity index (χ1n) is 11.0. The van der Waals surface area contributed by atoms with Crippen molar-refractivity contribution in [3.8, 4) is 0 Å². The molecule has 1 fully saturated rings. The summed E-state index contributed by atoms with van der Waals surface area (Å²) in [7, 11) is -3.92. The van der Waals surface area contributed by atoms with Crippen LogP contribution < -0.4 is 10.0 Å². The van der Waals surface area contributed by atoms with Crippen LogP contribution in [0.3, 0.4) is 0 Å². The van der Waals surface area contributed by atoms with Gasteiger partial charge in [-0.05, 0) is 55.8 Å². The van der Waals surface area contributed by atoms with Gasteiger partial charge in [0.15, 0.2) is 0 Å². The molecule has 0 aliphatic carbocycles. The van der Waals surface area contributed by atoms with Crippen molar-refractivity contribution in [2.24, 2.45) is 5.14 Å². The minimum Gasteiger partial charge on any atom is -0.322 e. The lowest BCUT2D eigenvalue weighted by molar-refractivity contribution is -0.122. The van der Waals surface area contributed by atoms with E-state index >= 15 is 0 Å².